The largest absolute Gasteiger partial charge is 0.389 e. The van der Waals surface area contributed by atoms with Crippen LogP contribution in [0.25, 0.3) is 0 Å². The molecule has 0 saturated carbocycles. The standard InChI is InChI=1S/C16H16BrFN2S/c1-9-3-5-11(6-4-9)10(2)20-13-8-7-12(16(19)21)14(17)15(13)18/h3-8,10,20H,1-2H3,(H2,19,21). The smallest absolute Gasteiger partial charge is 0.161 e. The summed E-state index contributed by atoms with van der Waals surface area (Å²) in [6, 6.07) is 11.5. The fraction of sp³-hybridized carbons (Fsp3) is 0.188. The summed E-state index contributed by atoms with van der Waals surface area (Å²) in [7, 11) is 0. The van der Waals surface area contributed by atoms with Crippen LogP contribution in [0.1, 0.15) is 29.7 Å². The van der Waals surface area contributed by atoms with Crippen LogP contribution in [0.2, 0.25) is 0 Å². The molecule has 0 radical (unpaired) electrons. The Morgan fingerprint density at radius 1 is 1.24 bits per heavy atom. The number of thiocarbonyl (C=S) groups is 1. The zero-order chi connectivity index (χ0) is 15.6. The monoisotopic (exact) mass is 366 g/mol. The van der Waals surface area contributed by atoms with Gasteiger partial charge in [-0.15, -0.1) is 0 Å². The minimum atomic E-state index is -0.390. The van der Waals surface area contributed by atoms with Gasteiger partial charge in [-0.05, 0) is 47.5 Å². The number of anilines is 1. The molecule has 21 heavy (non-hydrogen) atoms. The molecule has 0 aromatic heterocycles. The summed E-state index contributed by atoms with van der Waals surface area (Å²) < 4.78 is 14.6. The van der Waals surface area contributed by atoms with Crippen molar-refractivity contribution in [1.29, 1.82) is 0 Å². The Kier molecular flexibility index (Phi) is 4.96. The maximum Gasteiger partial charge on any atom is 0.161 e. The third-order valence-electron chi connectivity index (χ3n) is 3.30. The van der Waals surface area contributed by atoms with Gasteiger partial charge >= 0.3 is 0 Å². The van der Waals surface area contributed by atoms with E-state index in [0.29, 0.717) is 11.3 Å². The molecule has 1 unspecified atom stereocenters. The first-order valence-electron chi connectivity index (χ1n) is 6.51. The Balaban J connectivity index is 2.25. The van der Waals surface area contributed by atoms with E-state index in [-0.39, 0.29) is 21.3 Å². The molecule has 0 aliphatic rings. The van der Waals surface area contributed by atoms with Gasteiger partial charge in [0.05, 0.1) is 10.2 Å². The number of benzene rings is 2. The van der Waals surface area contributed by atoms with Gasteiger partial charge in [-0.2, -0.15) is 0 Å². The summed E-state index contributed by atoms with van der Waals surface area (Å²) in [5, 5.41) is 3.16. The van der Waals surface area contributed by atoms with Crippen molar-refractivity contribution in [2.24, 2.45) is 5.73 Å². The number of halogens is 2. The van der Waals surface area contributed by atoms with Crippen LogP contribution in [-0.4, -0.2) is 4.99 Å². The second-order valence-electron chi connectivity index (χ2n) is 4.93. The third kappa shape index (κ3) is 3.60. The molecule has 0 aliphatic carbocycles. The van der Waals surface area contributed by atoms with Crippen molar-refractivity contribution in [1.82, 2.24) is 0 Å². The number of rotatable bonds is 4. The van der Waals surface area contributed by atoms with Crippen molar-refractivity contribution >= 4 is 38.8 Å². The van der Waals surface area contributed by atoms with Crippen LogP contribution in [0.15, 0.2) is 40.9 Å². The molecular formula is C16H16BrFN2S. The molecule has 2 nitrogen and oxygen atoms in total. The van der Waals surface area contributed by atoms with Crippen LogP contribution in [0.5, 0.6) is 0 Å². The maximum atomic E-state index is 14.3. The number of nitrogens with one attached hydrogen (secondary N) is 1. The van der Waals surface area contributed by atoms with E-state index in [1.807, 2.05) is 38.1 Å². The summed E-state index contributed by atoms with van der Waals surface area (Å²) >= 11 is 8.09. The molecule has 0 spiro atoms. The van der Waals surface area contributed by atoms with Gasteiger partial charge in [-0.25, -0.2) is 4.39 Å². The van der Waals surface area contributed by atoms with Crippen LogP contribution in [-0.2, 0) is 0 Å². The Morgan fingerprint density at radius 2 is 1.86 bits per heavy atom. The lowest BCUT2D eigenvalue weighted by molar-refractivity contribution is 0.620. The highest BCUT2D eigenvalue weighted by molar-refractivity contribution is 9.10. The lowest BCUT2D eigenvalue weighted by Crippen LogP contribution is -2.13. The second-order valence-corrected chi connectivity index (χ2v) is 6.16. The molecule has 110 valence electrons. The summed E-state index contributed by atoms with van der Waals surface area (Å²) in [6.07, 6.45) is 0. The van der Waals surface area contributed by atoms with E-state index >= 15 is 0 Å². The molecule has 0 aliphatic heterocycles. The topological polar surface area (TPSA) is 38.0 Å². The molecule has 2 aromatic rings. The van der Waals surface area contributed by atoms with Crippen molar-refractivity contribution in [3.63, 3.8) is 0 Å². The van der Waals surface area contributed by atoms with Crippen molar-refractivity contribution in [3.05, 3.63) is 63.4 Å². The van der Waals surface area contributed by atoms with Gasteiger partial charge in [-0.1, -0.05) is 42.0 Å². The Bertz CT molecular complexity index is 671. The fourth-order valence-electron chi connectivity index (χ4n) is 2.02. The molecule has 3 N–H and O–H groups in total. The van der Waals surface area contributed by atoms with E-state index in [4.69, 9.17) is 18.0 Å². The first kappa shape index (κ1) is 15.9. The number of aryl methyl sites for hydroxylation is 1. The average molecular weight is 367 g/mol. The van der Waals surface area contributed by atoms with E-state index in [0.717, 1.165) is 5.56 Å². The molecule has 0 heterocycles. The second kappa shape index (κ2) is 6.54. The highest BCUT2D eigenvalue weighted by Crippen LogP contribution is 2.29. The van der Waals surface area contributed by atoms with Gasteiger partial charge in [0.1, 0.15) is 4.99 Å². The lowest BCUT2D eigenvalue weighted by Gasteiger charge is -2.18. The molecule has 0 saturated heterocycles. The number of hydrogen-bond acceptors (Lipinski definition) is 2. The summed E-state index contributed by atoms with van der Waals surface area (Å²) in [6.45, 7) is 4.02. The van der Waals surface area contributed by atoms with Gasteiger partial charge in [0.15, 0.2) is 5.82 Å². The molecule has 1 atom stereocenters. The third-order valence-corrected chi connectivity index (χ3v) is 4.29. The normalized spacial score (nSPS) is 12.0. The summed E-state index contributed by atoms with van der Waals surface area (Å²) in [4.78, 5) is 0.166. The Labute approximate surface area is 137 Å². The van der Waals surface area contributed by atoms with Crippen molar-refractivity contribution < 1.29 is 4.39 Å². The van der Waals surface area contributed by atoms with Gasteiger partial charge < -0.3 is 11.1 Å². The molecule has 5 heteroatoms. The Hall–Kier alpha value is -1.46. The minimum Gasteiger partial charge on any atom is -0.389 e. The van der Waals surface area contributed by atoms with Gasteiger partial charge in [0.25, 0.3) is 0 Å². The lowest BCUT2D eigenvalue weighted by atomic mass is 10.1. The highest BCUT2D eigenvalue weighted by atomic mass is 79.9. The molecule has 2 rings (SSSR count). The fourth-order valence-corrected chi connectivity index (χ4v) is 2.88. The van der Waals surface area contributed by atoms with Crippen LogP contribution in [0.4, 0.5) is 10.1 Å². The van der Waals surface area contributed by atoms with Crippen LogP contribution in [0, 0.1) is 12.7 Å². The quantitative estimate of drug-likeness (QED) is 0.769. The van der Waals surface area contributed by atoms with E-state index < -0.39 is 0 Å². The van der Waals surface area contributed by atoms with Crippen molar-refractivity contribution in [3.8, 4) is 0 Å². The van der Waals surface area contributed by atoms with Crippen LogP contribution >= 0.6 is 28.1 Å². The predicted octanol–water partition coefficient (Wildman–Crippen LogP) is 4.70. The first-order chi connectivity index (χ1) is 9.90. The van der Waals surface area contributed by atoms with Crippen molar-refractivity contribution in [2.45, 2.75) is 19.9 Å². The molecular weight excluding hydrogens is 351 g/mol. The van der Waals surface area contributed by atoms with E-state index in [2.05, 4.69) is 21.2 Å². The van der Waals surface area contributed by atoms with Gasteiger partial charge in [-0.3, -0.25) is 0 Å². The average Bonchev–Trinajstić information content (AvgIpc) is 2.44. The number of hydrogen-bond donors (Lipinski definition) is 2. The van der Waals surface area contributed by atoms with E-state index in [9.17, 15) is 4.39 Å². The molecule has 0 amide bonds. The highest BCUT2D eigenvalue weighted by Gasteiger charge is 2.15. The van der Waals surface area contributed by atoms with Crippen molar-refractivity contribution in [2.75, 3.05) is 5.32 Å². The van der Waals surface area contributed by atoms with Gasteiger partial charge in [0.2, 0.25) is 0 Å². The number of nitrogens with two attached hydrogens (primary N) is 1. The van der Waals surface area contributed by atoms with E-state index in [1.165, 1.54) is 5.56 Å². The maximum absolute atomic E-state index is 14.3. The minimum absolute atomic E-state index is 0.0114. The SMILES string of the molecule is Cc1ccc(C(C)Nc2ccc(C(N)=S)c(Br)c2F)cc1. The summed E-state index contributed by atoms with van der Waals surface area (Å²) in [5.74, 6) is -0.390. The molecule has 0 fully saturated rings. The van der Waals surface area contributed by atoms with Crippen LogP contribution in [0.3, 0.4) is 0 Å². The van der Waals surface area contributed by atoms with E-state index in [1.54, 1.807) is 12.1 Å². The zero-order valence-corrected chi connectivity index (χ0v) is 14.2. The van der Waals surface area contributed by atoms with Gasteiger partial charge in [0, 0.05) is 11.6 Å². The first-order valence-corrected chi connectivity index (χ1v) is 7.71. The molecule has 2 aromatic carbocycles. The summed E-state index contributed by atoms with van der Waals surface area (Å²) in [5.41, 5.74) is 8.75. The Morgan fingerprint density at radius 3 is 2.43 bits per heavy atom. The predicted molar refractivity (Wildman–Crippen MR) is 93.2 cm³/mol. The zero-order valence-electron chi connectivity index (χ0n) is 11.8. The van der Waals surface area contributed by atoms with Crippen LogP contribution < -0.4 is 11.1 Å². The molecule has 0 bridgehead atoms.